The zero-order chi connectivity index (χ0) is 12.5. The van der Waals surface area contributed by atoms with Crippen molar-refractivity contribution >= 4 is 16.5 Å². The highest BCUT2D eigenvalue weighted by molar-refractivity contribution is 7.15. The molecule has 2 rings (SSSR count). The van der Waals surface area contributed by atoms with Crippen molar-refractivity contribution in [2.24, 2.45) is 0 Å². The van der Waals surface area contributed by atoms with E-state index in [-0.39, 0.29) is 0 Å². The van der Waals surface area contributed by atoms with E-state index in [2.05, 4.69) is 11.9 Å². The molecule has 0 bridgehead atoms. The summed E-state index contributed by atoms with van der Waals surface area (Å²) >= 11 is 0.755. The maximum absolute atomic E-state index is 12.5. The molecule has 0 spiro atoms. The second kappa shape index (κ2) is 4.84. The van der Waals surface area contributed by atoms with Crippen LogP contribution in [0.1, 0.15) is 37.5 Å². The molecule has 0 saturated carbocycles. The smallest absolute Gasteiger partial charge is 0.345 e. The lowest BCUT2D eigenvalue weighted by Gasteiger charge is -2.34. The molecule has 2 heterocycles. The van der Waals surface area contributed by atoms with Crippen molar-refractivity contribution in [3.05, 3.63) is 11.1 Å². The predicted octanol–water partition coefficient (Wildman–Crippen LogP) is 3.93. The number of aromatic nitrogens is 1. The van der Waals surface area contributed by atoms with Gasteiger partial charge in [0.25, 0.3) is 0 Å². The third-order valence-corrected chi connectivity index (χ3v) is 4.20. The summed E-state index contributed by atoms with van der Waals surface area (Å²) in [5.41, 5.74) is 0. The SMILES string of the molecule is CCC1CCCCN1c1ncc(C(F)(F)F)s1. The molecule has 1 saturated heterocycles. The van der Waals surface area contributed by atoms with Gasteiger partial charge >= 0.3 is 6.18 Å². The van der Waals surface area contributed by atoms with Gasteiger partial charge < -0.3 is 4.90 Å². The van der Waals surface area contributed by atoms with E-state index in [0.717, 1.165) is 49.8 Å². The second-order valence-corrected chi connectivity index (χ2v) is 5.27. The van der Waals surface area contributed by atoms with Crippen LogP contribution in [0, 0.1) is 0 Å². The maximum Gasteiger partial charge on any atom is 0.427 e. The van der Waals surface area contributed by atoms with Gasteiger partial charge in [0, 0.05) is 12.6 Å². The van der Waals surface area contributed by atoms with Gasteiger partial charge in [0.2, 0.25) is 0 Å². The second-order valence-electron chi connectivity index (χ2n) is 4.26. The average molecular weight is 264 g/mol. The number of alkyl halides is 3. The number of rotatable bonds is 2. The van der Waals surface area contributed by atoms with Crippen LogP contribution in [0.5, 0.6) is 0 Å². The maximum atomic E-state index is 12.5. The molecule has 2 nitrogen and oxygen atoms in total. The van der Waals surface area contributed by atoms with Crippen LogP contribution in [-0.4, -0.2) is 17.6 Å². The van der Waals surface area contributed by atoms with Crippen molar-refractivity contribution in [3.63, 3.8) is 0 Å². The van der Waals surface area contributed by atoms with Crippen molar-refractivity contribution in [3.8, 4) is 0 Å². The molecule has 1 aromatic rings. The zero-order valence-corrected chi connectivity index (χ0v) is 10.4. The molecule has 96 valence electrons. The minimum atomic E-state index is -4.27. The normalized spacial score (nSPS) is 21.9. The Morgan fingerprint density at radius 3 is 2.82 bits per heavy atom. The van der Waals surface area contributed by atoms with Crippen LogP contribution in [0.2, 0.25) is 0 Å². The summed E-state index contributed by atoms with van der Waals surface area (Å²) in [4.78, 5) is 5.36. The van der Waals surface area contributed by atoms with Crippen molar-refractivity contribution in [1.29, 1.82) is 0 Å². The molecule has 0 aliphatic carbocycles. The minimum Gasteiger partial charge on any atom is -0.345 e. The summed E-state index contributed by atoms with van der Waals surface area (Å²) in [6.07, 6.45) is 0.886. The Labute approximate surface area is 102 Å². The highest BCUT2D eigenvalue weighted by atomic mass is 32.1. The molecule has 1 unspecified atom stereocenters. The van der Waals surface area contributed by atoms with E-state index in [1.165, 1.54) is 0 Å². The topological polar surface area (TPSA) is 16.1 Å². The first-order valence-corrected chi connectivity index (χ1v) is 6.63. The summed E-state index contributed by atoms with van der Waals surface area (Å²) in [6, 6.07) is 0.344. The first kappa shape index (κ1) is 12.7. The summed E-state index contributed by atoms with van der Waals surface area (Å²) < 4.78 is 37.5. The largest absolute Gasteiger partial charge is 0.427 e. The minimum absolute atomic E-state index is 0.344. The quantitative estimate of drug-likeness (QED) is 0.804. The molecule has 0 aromatic carbocycles. The number of anilines is 1. The summed E-state index contributed by atoms with van der Waals surface area (Å²) in [6.45, 7) is 2.89. The summed E-state index contributed by atoms with van der Waals surface area (Å²) in [7, 11) is 0. The van der Waals surface area contributed by atoms with Gasteiger partial charge in [0.15, 0.2) is 5.13 Å². The van der Waals surface area contributed by atoms with Crippen LogP contribution in [0.25, 0.3) is 0 Å². The van der Waals surface area contributed by atoms with E-state index in [4.69, 9.17) is 0 Å². The van der Waals surface area contributed by atoms with E-state index < -0.39 is 11.1 Å². The Balaban J connectivity index is 2.18. The van der Waals surface area contributed by atoms with Crippen molar-refractivity contribution < 1.29 is 13.2 Å². The molecule has 0 radical (unpaired) electrons. The molecule has 1 atom stereocenters. The van der Waals surface area contributed by atoms with Crippen LogP contribution in [-0.2, 0) is 6.18 Å². The molecule has 0 amide bonds. The van der Waals surface area contributed by atoms with Crippen molar-refractivity contribution in [2.45, 2.75) is 44.8 Å². The zero-order valence-electron chi connectivity index (χ0n) is 9.63. The highest BCUT2D eigenvalue weighted by Crippen LogP contribution is 2.38. The third-order valence-electron chi connectivity index (χ3n) is 3.12. The number of thiazole rings is 1. The Morgan fingerprint density at radius 2 is 2.24 bits per heavy atom. The summed E-state index contributed by atoms with van der Waals surface area (Å²) in [5.74, 6) is 0. The van der Waals surface area contributed by atoms with Gasteiger partial charge in [-0.25, -0.2) is 4.98 Å². The number of piperidine rings is 1. The number of hydrogen-bond donors (Lipinski definition) is 0. The molecule has 6 heteroatoms. The van der Waals surface area contributed by atoms with Crippen molar-refractivity contribution in [2.75, 3.05) is 11.4 Å². The van der Waals surface area contributed by atoms with Gasteiger partial charge in [-0.2, -0.15) is 13.2 Å². The van der Waals surface area contributed by atoms with E-state index in [1.54, 1.807) is 0 Å². The van der Waals surface area contributed by atoms with Gasteiger partial charge in [0.1, 0.15) is 4.88 Å². The van der Waals surface area contributed by atoms with Crippen LogP contribution in [0.4, 0.5) is 18.3 Å². The Hall–Kier alpha value is -0.780. The fraction of sp³-hybridized carbons (Fsp3) is 0.727. The lowest BCUT2D eigenvalue weighted by molar-refractivity contribution is -0.134. The van der Waals surface area contributed by atoms with Crippen LogP contribution in [0.15, 0.2) is 6.20 Å². The highest BCUT2D eigenvalue weighted by Gasteiger charge is 2.34. The van der Waals surface area contributed by atoms with E-state index >= 15 is 0 Å². The van der Waals surface area contributed by atoms with E-state index in [1.807, 2.05) is 4.90 Å². The van der Waals surface area contributed by atoms with Gasteiger partial charge in [0.05, 0.1) is 6.20 Å². The molecular formula is C11H15F3N2S. The molecule has 17 heavy (non-hydrogen) atoms. The molecule has 0 N–H and O–H groups in total. The number of nitrogens with zero attached hydrogens (tertiary/aromatic N) is 2. The first-order valence-electron chi connectivity index (χ1n) is 5.82. The van der Waals surface area contributed by atoms with E-state index in [0.29, 0.717) is 11.2 Å². The number of halogens is 3. The van der Waals surface area contributed by atoms with Crippen LogP contribution < -0.4 is 4.90 Å². The van der Waals surface area contributed by atoms with Gasteiger partial charge in [-0.15, -0.1) is 0 Å². The fourth-order valence-corrected chi connectivity index (χ4v) is 3.09. The first-order chi connectivity index (χ1) is 8.02. The Kier molecular flexibility index (Phi) is 3.61. The lowest BCUT2D eigenvalue weighted by Crippen LogP contribution is -2.38. The predicted molar refractivity (Wildman–Crippen MR) is 62.4 cm³/mol. The van der Waals surface area contributed by atoms with Crippen LogP contribution >= 0.6 is 11.3 Å². The third kappa shape index (κ3) is 2.73. The molecule has 1 aliphatic heterocycles. The average Bonchev–Trinajstić information content (AvgIpc) is 2.77. The van der Waals surface area contributed by atoms with Gasteiger partial charge in [-0.1, -0.05) is 18.3 Å². The molecule has 1 fully saturated rings. The summed E-state index contributed by atoms with van der Waals surface area (Å²) in [5, 5.41) is 0.517. The standard InChI is InChI=1S/C11H15F3N2S/c1-2-8-5-3-4-6-16(8)10-15-7-9(17-10)11(12,13)14/h7-8H,2-6H2,1H3. The Bertz CT molecular complexity index is 375. The molecule has 1 aromatic heterocycles. The number of hydrogen-bond acceptors (Lipinski definition) is 3. The monoisotopic (exact) mass is 264 g/mol. The Morgan fingerprint density at radius 1 is 1.47 bits per heavy atom. The van der Waals surface area contributed by atoms with Gasteiger partial charge in [-0.3, -0.25) is 0 Å². The van der Waals surface area contributed by atoms with Gasteiger partial charge in [-0.05, 0) is 25.7 Å². The molecular weight excluding hydrogens is 249 g/mol. The fourth-order valence-electron chi connectivity index (χ4n) is 2.21. The van der Waals surface area contributed by atoms with Crippen molar-refractivity contribution in [1.82, 2.24) is 4.98 Å². The van der Waals surface area contributed by atoms with E-state index in [9.17, 15) is 13.2 Å². The molecule has 1 aliphatic rings. The lowest BCUT2D eigenvalue weighted by atomic mass is 10.0. The van der Waals surface area contributed by atoms with Crippen LogP contribution in [0.3, 0.4) is 0 Å².